The minimum atomic E-state index is 0.0340. The van der Waals surface area contributed by atoms with Crippen LogP contribution in [0.1, 0.15) is 37.3 Å². The van der Waals surface area contributed by atoms with Crippen molar-refractivity contribution in [3.63, 3.8) is 0 Å². The van der Waals surface area contributed by atoms with Crippen molar-refractivity contribution in [3.05, 3.63) is 22.4 Å². The Balaban J connectivity index is 1.73. The van der Waals surface area contributed by atoms with E-state index in [0.29, 0.717) is 5.92 Å². The average molecular weight is 282 g/mol. The van der Waals surface area contributed by atoms with Gasteiger partial charge in [0.2, 0.25) is 0 Å². The molecule has 0 radical (unpaired) electrons. The summed E-state index contributed by atoms with van der Waals surface area (Å²) in [5.41, 5.74) is 4.36. The van der Waals surface area contributed by atoms with Gasteiger partial charge in [0, 0.05) is 25.9 Å². The fraction of sp³-hybridized carbons (Fsp3) is 0.714. The van der Waals surface area contributed by atoms with E-state index in [9.17, 15) is 0 Å². The highest BCUT2D eigenvalue weighted by molar-refractivity contribution is 7.07. The highest BCUT2D eigenvalue weighted by Crippen LogP contribution is 2.41. The Labute approximate surface area is 118 Å². The van der Waals surface area contributed by atoms with Crippen LogP contribution in [-0.2, 0) is 9.47 Å². The van der Waals surface area contributed by atoms with Gasteiger partial charge in [-0.25, -0.2) is 0 Å². The molecule has 2 aliphatic rings. The summed E-state index contributed by atoms with van der Waals surface area (Å²) in [6.07, 6.45) is 4.20. The topological polar surface area (TPSA) is 56.5 Å². The van der Waals surface area contributed by atoms with Crippen molar-refractivity contribution in [1.29, 1.82) is 0 Å². The fourth-order valence-electron chi connectivity index (χ4n) is 3.40. The molecule has 1 aromatic rings. The van der Waals surface area contributed by atoms with Crippen molar-refractivity contribution in [3.8, 4) is 0 Å². The number of hydrogen-bond donors (Lipinski definition) is 2. The van der Waals surface area contributed by atoms with Gasteiger partial charge in [-0.1, -0.05) is 0 Å². The molecule has 0 bridgehead atoms. The predicted octanol–water partition coefficient (Wildman–Crippen LogP) is 2.23. The lowest BCUT2D eigenvalue weighted by molar-refractivity contribution is -0.150. The lowest BCUT2D eigenvalue weighted by Gasteiger charge is -2.45. The third-order valence-electron chi connectivity index (χ3n) is 4.49. The highest BCUT2D eigenvalue weighted by Gasteiger charge is 2.41. The molecule has 0 amide bonds. The maximum absolute atomic E-state index is 6.10. The largest absolute Gasteiger partial charge is 0.381 e. The van der Waals surface area contributed by atoms with E-state index in [2.05, 4.69) is 22.3 Å². The Morgan fingerprint density at radius 2 is 2.21 bits per heavy atom. The van der Waals surface area contributed by atoms with E-state index in [4.69, 9.17) is 15.3 Å². The van der Waals surface area contributed by atoms with Crippen molar-refractivity contribution >= 4 is 11.3 Å². The van der Waals surface area contributed by atoms with Gasteiger partial charge in [0.05, 0.1) is 5.60 Å². The van der Waals surface area contributed by atoms with Crippen LogP contribution in [0.3, 0.4) is 0 Å². The standard InChI is InChI=1S/C14H22N2O2S/c15-16-13(12-2-8-19-10-12)11-1-5-18-14(9-11)3-6-17-7-4-14/h2,8,10-11,13,16H,1,3-7,9,15H2. The summed E-state index contributed by atoms with van der Waals surface area (Å²) in [5.74, 6) is 6.35. The summed E-state index contributed by atoms with van der Waals surface area (Å²) in [6.45, 7) is 2.49. The van der Waals surface area contributed by atoms with Gasteiger partial charge in [0.25, 0.3) is 0 Å². The van der Waals surface area contributed by atoms with Gasteiger partial charge in [-0.3, -0.25) is 11.3 Å². The normalized spacial score (nSPS) is 28.4. The molecule has 2 aliphatic heterocycles. The first-order chi connectivity index (χ1) is 9.33. The first-order valence-corrected chi connectivity index (χ1v) is 7.97. The SMILES string of the molecule is NNC(c1ccsc1)C1CCOC2(CCOCC2)C1. The number of hydrogen-bond acceptors (Lipinski definition) is 5. The van der Waals surface area contributed by atoms with Gasteiger partial charge in [-0.05, 0) is 54.0 Å². The van der Waals surface area contributed by atoms with Crippen LogP contribution in [0.5, 0.6) is 0 Å². The number of nitrogens with one attached hydrogen (secondary N) is 1. The van der Waals surface area contributed by atoms with E-state index >= 15 is 0 Å². The van der Waals surface area contributed by atoms with Crippen LogP contribution in [0, 0.1) is 5.92 Å². The maximum Gasteiger partial charge on any atom is 0.0729 e. The molecule has 2 atom stereocenters. The molecule has 3 N–H and O–H groups in total. The molecular weight excluding hydrogens is 260 g/mol. The van der Waals surface area contributed by atoms with Crippen LogP contribution in [0.25, 0.3) is 0 Å². The molecule has 0 aliphatic carbocycles. The van der Waals surface area contributed by atoms with E-state index in [-0.39, 0.29) is 11.6 Å². The molecule has 1 spiro atoms. The number of rotatable bonds is 3. The smallest absolute Gasteiger partial charge is 0.0729 e. The number of ether oxygens (including phenoxy) is 2. The molecule has 2 unspecified atom stereocenters. The molecule has 5 heteroatoms. The lowest BCUT2D eigenvalue weighted by atomic mass is 9.77. The molecule has 3 rings (SSSR count). The number of hydrazine groups is 1. The van der Waals surface area contributed by atoms with E-state index < -0.39 is 0 Å². The van der Waals surface area contributed by atoms with Gasteiger partial charge < -0.3 is 9.47 Å². The summed E-state index contributed by atoms with van der Waals surface area (Å²) in [4.78, 5) is 0. The average Bonchev–Trinajstić information content (AvgIpc) is 2.95. The van der Waals surface area contributed by atoms with Gasteiger partial charge in [0.1, 0.15) is 0 Å². The van der Waals surface area contributed by atoms with E-state index in [0.717, 1.165) is 45.5 Å². The zero-order valence-electron chi connectivity index (χ0n) is 11.1. The Bertz CT molecular complexity index is 385. The van der Waals surface area contributed by atoms with Crippen LogP contribution in [0.2, 0.25) is 0 Å². The van der Waals surface area contributed by atoms with Crippen molar-refractivity contribution in [2.45, 2.75) is 37.3 Å². The minimum Gasteiger partial charge on any atom is -0.381 e. The summed E-state index contributed by atoms with van der Waals surface area (Å²) in [6, 6.07) is 2.41. The monoisotopic (exact) mass is 282 g/mol. The number of thiophene rings is 1. The third kappa shape index (κ3) is 2.85. The van der Waals surface area contributed by atoms with Crippen molar-refractivity contribution in [2.75, 3.05) is 19.8 Å². The summed E-state index contributed by atoms with van der Waals surface area (Å²) >= 11 is 1.73. The van der Waals surface area contributed by atoms with E-state index in [1.54, 1.807) is 11.3 Å². The zero-order valence-corrected chi connectivity index (χ0v) is 12.0. The molecule has 2 saturated heterocycles. The minimum absolute atomic E-state index is 0.0340. The van der Waals surface area contributed by atoms with Crippen molar-refractivity contribution in [1.82, 2.24) is 5.43 Å². The first kappa shape index (κ1) is 13.5. The number of nitrogens with two attached hydrogens (primary N) is 1. The lowest BCUT2D eigenvalue weighted by Crippen LogP contribution is -2.47. The molecule has 0 aromatic carbocycles. The Morgan fingerprint density at radius 1 is 1.37 bits per heavy atom. The Kier molecular flexibility index (Phi) is 4.19. The molecule has 4 nitrogen and oxygen atoms in total. The Hall–Kier alpha value is -0.460. The molecular formula is C14H22N2O2S. The van der Waals surface area contributed by atoms with E-state index in [1.165, 1.54) is 5.56 Å². The van der Waals surface area contributed by atoms with Crippen LogP contribution < -0.4 is 11.3 Å². The highest BCUT2D eigenvalue weighted by atomic mass is 32.1. The summed E-state index contributed by atoms with van der Waals surface area (Å²) in [5, 5.41) is 4.31. The second-order valence-corrected chi connectivity index (χ2v) is 6.38. The summed E-state index contributed by atoms with van der Waals surface area (Å²) < 4.78 is 11.6. The van der Waals surface area contributed by atoms with Gasteiger partial charge in [-0.15, -0.1) is 0 Å². The predicted molar refractivity (Wildman–Crippen MR) is 75.8 cm³/mol. The first-order valence-electron chi connectivity index (χ1n) is 7.03. The second-order valence-electron chi connectivity index (χ2n) is 5.60. The zero-order chi connectivity index (χ0) is 13.1. The van der Waals surface area contributed by atoms with Crippen molar-refractivity contribution < 1.29 is 9.47 Å². The van der Waals surface area contributed by atoms with Crippen molar-refractivity contribution in [2.24, 2.45) is 11.8 Å². The molecule has 2 fully saturated rings. The van der Waals surface area contributed by atoms with Gasteiger partial charge >= 0.3 is 0 Å². The third-order valence-corrected chi connectivity index (χ3v) is 5.19. The second kappa shape index (κ2) is 5.89. The molecule has 19 heavy (non-hydrogen) atoms. The molecule has 0 saturated carbocycles. The van der Waals surface area contributed by atoms with Gasteiger partial charge in [-0.2, -0.15) is 11.3 Å². The van der Waals surface area contributed by atoms with E-state index in [1.807, 2.05) is 0 Å². The van der Waals surface area contributed by atoms with Crippen LogP contribution in [0.15, 0.2) is 16.8 Å². The van der Waals surface area contributed by atoms with Crippen LogP contribution in [-0.4, -0.2) is 25.4 Å². The summed E-state index contributed by atoms with van der Waals surface area (Å²) in [7, 11) is 0. The van der Waals surface area contributed by atoms with Crippen LogP contribution in [0.4, 0.5) is 0 Å². The van der Waals surface area contributed by atoms with Crippen LogP contribution >= 0.6 is 11.3 Å². The molecule has 106 valence electrons. The molecule has 3 heterocycles. The maximum atomic E-state index is 6.10. The molecule has 1 aromatic heterocycles. The quantitative estimate of drug-likeness (QED) is 0.659. The Morgan fingerprint density at radius 3 is 2.89 bits per heavy atom. The fourth-order valence-corrected chi connectivity index (χ4v) is 4.10. The van der Waals surface area contributed by atoms with Gasteiger partial charge in [0.15, 0.2) is 0 Å².